The van der Waals surface area contributed by atoms with Crippen LogP contribution in [-0.2, 0) is 10.5 Å². The van der Waals surface area contributed by atoms with E-state index in [0.29, 0.717) is 0 Å². The van der Waals surface area contributed by atoms with Crippen molar-refractivity contribution in [2.45, 2.75) is 18.6 Å². The molecule has 1 amide bonds. The van der Waals surface area contributed by atoms with Crippen molar-refractivity contribution in [1.29, 1.82) is 0 Å². The van der Waals surface area contributed by atoms with Crippen LogP contribution in [0.5, 0.6) is 0 Å². The van der Waals surface area contributed by atoms with Gasteiger partial charge < -0.3 is 10.2 Å². The fraction of sp³-hybridized carbons (Fsp3) is 0.562. The number of hydrogen-bond donors (Lipinski definition) is 1. The van der Waals surface area contributed by atoms with Gasteiger partial charge >= 0.3 is 0 Å². The molecule has 0 radical (unpaired) electrons. The molecule has 0 bridgehead atoms. The van der Waals surface area contributed by atoms with Crippen LogP contribution in [0.2, 0.25) is 5.02 Å². The topological polar surface area (TPSA) is 32.3 Å². The second-order valence-electron chi connectivity index (χ2n) is 5.57. The lowest BCUT2D eigenvalue weighted by atomic mass is 9.98. The van der Waals surface area contributed by atoms with Gasteiger partial charge in [0.05, 0.1) is 5.92 Å². The largest absolute Gasteiger partial charge is 0.355 e. The van der Waals surface area contributed by atoms with Crippen molar-refractivity contribution in [3.63, 3.8) is 0 Å². The number of rotatable bonds is 6. The predicted molar refractivity (Wildman–Crippen MR) is 90.8 cm³/mol. The lowest BCUT2D eigenvalue weighted by Crippen LogP contribution is -2.41. The quantitative estimate of drug-likeness (QED) is 0.816. The summed E-state index contributed by atoms with van der Waals surface area (Å²) in [7, 11) is 2.08. The molecule has 5 heteroatoms. The van der Waals surface area contributed by atoms with Gasteiger partial charge in [0.1, 0.15) is 0 Å². The number of thioether (sulfide) groups is 1. The minimum absolute atomic E-state index is 0.168. The Morgan fingerprint density at radius 2 is 2.38 bits per heavy atom. The van der Waals surface area contributed by atoms with E-state index >= 15 is 0 Å². The summed E-state index contributed by atoms with van der Waals surface area (Å²) < 4.78 is 0. The number of nitrogens with zero attached hydrogens (tertiary/aromatic N) is 1. The van der Waals surface area contributed by atoms with Gasteiger partial charge in [0.25, 0.3) is 0 Å². The zero-order chi connectivity index (χ0) is 15.1. The zero-order valence-corrected chi connectivity index (χ0v) is 14.1. The van der Waals surface area contributed by atoms with Crippen molar-refractivity contribution < 1.29 is 4.79 Å². The summed E-state index contributed by atoms with van der Waals surface area (Å²) in [5, 5.41) is 3.84. The van der Waals surface area contributed by atoms with Gasteiger partial charge in [-0.3, -0.25) is 4.79 Å². The Labute approximate surface area is 136 Å². The molecule has 3 nitrogen and oxygen atoms in total. The number of carbonyl (C=O) groups is 1. The molecule has 116 valence electrons. The van der Waals surface area contributed by atoms with Crippen LogP contribution < -0.4 is 5.32 Å². The first-order chi connectivity index (χ1) is 10.1. The molecular formula is C16H23ClN2OS. The normalized spacial score (nSPS) is 19.4. The van der Waals surface area contributed by atoms with Gasteiger partial charge in [-0.1, -0.05) is 23.7 Å². The fourth-order valence-electron chi connectivity index (χ4n) is 2.59. The minimum Gasteiger partial charge on any atom is -0.355 e. The van der Waals surface area contributed by atoms with Gasteiger partial charge in [0.15, 0.2) is 0 Å². The van der Waals surface area contributed by atoms with Crippen LogP contribution >= 0.6 is 23.4 Å². The van der Waals surface area contributed by atoms with Crippen LogP contribution in [-0.4, -0.2) is 43.2 Å². The molecule has 1 aliphatic heterocycles. The molecule has 1 aliphatic rings. The Kier molecular flexibility index (Phi) is 6.87. The van der Waals surface area contributed by atoms with E-state index in [1.807, 2.05) is 30.0 Å². The highest BCUT2D eigenvalue weighted by Crippen LogP contribution is 2.17. The monoisotopic (exact) mass is 326 g/mol. The van der Waals surface area contributed by atoms with Crippen molar-refractivity contribution in [2.24, 2.45) is 5.92 Å². The number of hydrogen-bond acceptors (Lipinski definition) is 3. The van der Waals surface area contributed by atoms with E-state index in [9.17, 15) is 4.79 Å². The maximum absolute atomic E-state index is 12.1. The number of amides is 1. The Morgan fingerprint density at radius 1 is 1.52 bits per heavy atom. The van der Waals surface area contributed by atoms with Crippen LogP contribution in [0.3, 0.4) is 0 Å². The smallest absolute Gasteiger partial charge is 0.224 e. The molecule has 1 aromatic rings. The average molecular weight is 327 g/mol. The van der Waals surface area contributed by atoms with Gasteiger partial charge in [-0.15, -0.1) is 0 Å². The molecule has 0 spiro atoms. The molecule has 1 fully saturated rings. The molecule has 1 heterocycles. The van der Waals surface area contributed by atoms with E-state index in [2.05, 4.69) is 23.3 Å². The third-order valence-electron chi connectivity index (χ3n) is 3.70. The van der Waals surface area contributed by atoms with E-state index in [1.165, 1.54) is 5.56 Å². The Morgan fingerprint density at radius 3 is 3.14 bits per heavy atom. The van der Waals surface area contributed by atoms with Crippen molar-refractivity contribution in [3.05, 3.63) is 34.9 Å². The number of likely N-dealkylation sites (tertiary alicyclic amines) is 1. The Balaban J connectivity index is 1.60. The Hall–Kier alpha value is -0.710. The lowest BCUT2D eigenvalue weighted by molar-refractivity contribution is -0.126. The first-order valence-electron chi connectivity index (χ1n) is 7.43. The highest BCUT2D eigenvalue weighted by atomic mass is 35.5. The summed E-state index contributed by atoms with van der Waals surface area (Å²) in [6, 6.07) is 7.93. The van der Waals surface area contributed by atoms with Crippen molar-refractivity contribution in [3.8, 4) is 0 Å². The first kappa shape index (κ1) is 16.7. The average Bonchev–Trinajstić information content (AvgIpc) is 2.47. The molecule has 0 aromatic heterocycles. The van der Waals surface area contributed by atoms with Crippen molar-refractivity contribution in [1.82, 2.24) is 10.2 Å². The molecule has 1 aromatic carbocycles. The molecule has 0 saturated carbocycles. The molecule has 0 unspecified atom stereocenters. The first-order valence-corrected chi connectivity index (χ1v) is 8.97. The number of halogens is 1. The van der Waals surface area contributed by atoms with Gasteiger partial charge in [-0.05, 0) is 44.1 Å². The van der Waals surface area contributed by atoms with Crippen LogP contribution in [0, 0.1) is 5.92 Å². The number of piperidine rings is 1. The second kappa shape index (κ2) is 8.66. The van der Waals surface area contributed by atoms with Crippen LogP contribution in [0.1, 0.15) is 18.4 Å². The predicted octanol–water partition coefficient (Wildman–Crippen LogP) is 3.03. The van der Waals surface area contributed by atoms with E-state index < -0.39 is 0 Å². The standard InChI is InChI=1S/C16H23ClN2OS/c1-19-8-3-5-14(11-19)16(20)18-7-9-21-12-13-4-2-6-15(17)10-13/h2,4,6,10,14H,3,5,7-9,11-12H2,1H3,(H,18,20)/t14-/m0/s1. The maximum Gasteiger partial charge on any atom is 0.224 e. The van der Waals surface area contributed by atoms with E-state index in [-0.39, 0.29) is 11.8 Å². The molecule has 21 heavy (non-hydrogen) atoms. The fourth-order valence-corrected chi connectivity index (χ4v) is 3.61. The number of carbonyl (C=O) groups excluding carboxylic acids is 1. The van der Waals surface area contributed by atoms with Gasteiger partial charge in [-0.2, -0.15) is 11.8 Å². The molecule has 0 aliphatic carbocycles. The van der Waals surface area contributed by atoms with Crippen LogP contribution in [0.4, 0.5) is 0 Å². The summed E-state index contributed by atoms with van der Waals surface area (Å²) in [6.45, 7) is 2.74. The van der Waals surface area contributed by atoms with Gasteiger partial charge in [0, 0.05) is 29.6 Å². The minimum atomic E-state index is 0.168. The third-order valence-corrected chi connectivity index (χ3v) is 4.96. The summed E-state index contributed by atoms with van der Waals surface area (Å²) >= 11 is 7.77. The summed E-state index contributed by atoms with van der Waals surface area (Å²) in [5.41, 5.74) is 1.23. The molecular weight excluding hydrogens is 304 g/mol. The molecule has 1 atom stereocenters. The SMILES string of the molecule is CN1CCC[C@H](C(=O)NCCSCc2cccc(Cl)c2)C1. The number of nitrogens with one attached hydrogen (secondary N) is 1. The van der Waals surface area contributed by atoms with E-state index in [1.54, 1.807) is 0 Å². The molecule has 2 rings (SSSR count). The highest BCUT2D eigenvalue weighted by molar-refractivity contribution is 7.98. The van der Waals surface area contributed by atoms with Gasteiger partial charge in [-0.25, -0.2) is 0 Å². The van der Waals surface area contributed by atoms with Crippen molar-refractivity contribution >= 4 is 29.3 Å². The molecule has 1 N–H and O–H groups in total. The highest BCUT2D eigenvalue weighted by Gasteiger charge is 2.23. The third kappa shape index (κ3) is 5.89. The second-order valence-corrected chi connectivity index (χ2v) is 7.12. The number of benzene rings is 1. The van der Waals surface area contributed by atoms with E-state index in [0.717, 1.165) is 49.0 Å². The molecule has 1 saturated heterocycles. The summed E-state index contributed by atoms with van der Waals surface area (Å²) in [4.78, 5) is 14.3. The van der Waals surface area contributed by atoms with Crippen LogP contribution in [0.25, 0.3) is 0 Å². The zero-order valence-electron chi connectivity index (χ0n) is 12.5. The van der Waals surface area contributed by atoms with Crippen molar-refractivity contribution in [2.75, 3.05) is 32.4 Å². The maximum atomic E-state index is 12.1. The summed E-state index contributed by atoms with van der Waals surface area (Å²) in [5.74, 6) is 2.25. The Bertz CT molecular complexity index is 469. The lowest BCUT2D eigenvalue weighted by Gasteiger charge is -2.28. The van der Waals surface area contributed by atoms with Gasteiger partial charge in [0.2, 0.25) is 5.91 Å². The van der Waals surface area contributed by atoms with E-state index in [4.69, 9.17) is 11.6 Å². The summed E-state index contributed by atoms with van der Waals surface area (Å²) in [6.07, 6.45) is 2.14. The van der Waals surface area contributed by atoms with Crippen LogP contribution in [0.15, 0.2) is 24.3 Å².